The van der Waals surface area contributed by atoms with E-state index in [0.717, 1.165) is 0 Å². The van der Waals surface area contributed by atoms with Gasteiger partial charge in [-0.25, -0.2) is 9.59 Å². The van der Waals surface area contributed by atoms with Gasteiger partial charge < -0.3 is 25.2 Å². The minimum absolute atomic E-state index is 0.0458. The molecule has 0 aliphatic carbocycles. The molecule has 0 saturated carbocycles. The minimum Gasteiger partial charge on any atom is -0.497 e. The van der Waals surface area contributed by atoms with Gasteiger partial charge in [0.1, 0.15) is 5.75 Å². The maximum absolute atomic E-state index is 11.8. The molecule has 0 radical (unpaired) electrons. The molecule has 7 heteroatoms. The lowest BCUT2D eigenvalue weighted by atomic mass is 10.1. The summed E-state index contributed by atoms with van der Waals surface area (Å²) in [5.74, 6) is -0.750. The minimum atomic E-state index is -1.15. The summed E-state index contributed by atoms with van der Waals surface area (Å²) in [4.78, 5) is 23.0. The third kappa shape index (κ3) is 4.96. The number of ether oxygens (including phenoxy) is 2. The molecule has 3 N–H and O–H groups in total. The van der Waals surface area contributed by atoms with Crippen LogP contribution in [0.5, 0.6) is 5.75 Å². The Kier molecular flexibility index (Phi) is 5.54. The second-order valence-electron chi connectivity index (χ2n) is 4.99. The summed E-state index contributed by atoms with van der Waals surface area (Å²) in [6, 6.07) is 3.88. The van der Waals surface area contributed by atoms with E-state index in [-0.39, 0.29) is 17.8 Å². The largest absolute Gasteiger partial charge is 0.497 e. The Labute approximate surface area is 123 Å². The van der Waals surface area contributed by atoms with Gasteiger partial charge in [0.2, 0.25) is 0 Å². The number of benzene rings is 1. The van der Waals surface area contributed by atoms with Gasteiger partial charge in [-0.05, 0) is 32.0 Å². The molecule has 1 aromatic carbocycles. The Morgan fingerprint density at radius 2 is 1.95 bits per heavy atom. The topological polar surface area (TPSA) is 96.9 Å². The second-order valence-corrected chi connectivity index (χ2v) is 4.99. The van der Waals surface area contributed by atoms with E-state index >= 15 is 0 Å². The van der Waals surface area contributed by atoms with Gasteiger partial charge in [0.15, 0.2) is 0 Å². The number of methoxy groups -OCH3 is 2. The molecular formula is C14H20N2O5. The Bertz CT molecular complexity index is 528. The molecule has 0 heterocycles. The van der Waals surface area contributed by atoms with Crippen LogP contribution >= 0.6 is 0 Å². The van der Waals surface area contributed by atoms with Crippen LogP contribution in [0.25, 0.3) is 0 Å². The predicted octanol–water partition coefficient (Wildman–Crippen LogP) is 1.94. The van der Waals surface area contributed by atoms with E-state index in [1.165, 1.54) is 19.2 Å². The van der Waals surface area contributed by atoms with Crippen LogP contribution in [0, 0.1) is 0 Å². The van der Waals surface area contributed by atoms with Gasteiger partial charge in [0, 0.05) is 13.7 Å². The van der Waals surface area contributed by atoms with Crippen molar-refractivity contribution in [1.29, 1.82) is 0 Å². The fraction of sp³-hybridized carbons (Fsp3) is 0.429. The molecule has 0 bridgehead atoms. The molecule has 0 aliphatic heterocycles. The van der Waals surface area contributed by atoms with Crippen molar-refractivity contribution in [3.63, 3.8) is 0 Å². The van der Waals surface area contributed by atoms with Crippen LogP contribution in [0.3, 0.4) is 0 Å². The summed E-state index contributed by atoms with van der Waals surface area (Å²) >= 11 is 0. The van der Waals surface area contributed by atoms with Crippen LogP contribution in [0.1, 0.15) is 24.2 Å². The van der Waals surface area contributed by atoms with Crippen molar-refractivity contribution in [2.75, 3.05) is 26.1 Å². The van der Waals surface area contributed by atoms with Gasteiger partial charge in [0.25, 0.3) is 0 Å². The third-order valence-electron chi connectivity index (χ3n) is 2.93. The number of hydrogen-bond donors (Lipinski definition) is 3. The number of carbonyl (C=O) groups is 2. The lowest BCUT2D eigenvalue weighted by molar-refractivity contribution is 0.0257. The summed E-state index contributed by atoms with van der Waals surface area (Å²) in [6.45, 7) is 3.93. The lowest BCUT2D eigenvalue weighted by Crippen LogP contribution is -2.41. The van der Waals surface area contributed by atoms with Gasteiger partial charge in [-0.15, -0.1) is 0 Å². The quantitative estimate of drug-likeness (QED) is 0.745. The Morgan fingerprint density at radius 3 is 2.48 bits per heavy atom. The molecule has 1 aromatic rings. The highest BCUT2D eigenvalue weighted by Crippen LogP contribution is 2.22. The first-order valence-electron chi connectivity index (χ1n) is 6.30. The van der Waals surface area contributed by atoms with Crippen LogP contribution in [0.4, 0.5) is 10.5 Å². The zero-order chi connectivity index (χ0) is 16.0. The van der Waals surface area contributed by atoms with Crippen molar-refractivity contribution in [2.45, 2.75) is 19.4 Å². The standard InChI is InChI=1S/C14H20N2O5/c1-14(2,21-4)8-15-13(19)16-11-6-5-9(20-3)7-10(11)12(17)18/h5-7H,8H2,1-4H3,(H,17,18)(H2,15,16,19). The number of carboxylic acid groups (broad SMARTS) is 1. The predicted molar refractivity (Wildman–Crippen MR) is 78.1 cm³/mol. The summed E-state index contributed by atoms with van der Waals surface area (Å²) in [5.41, 5.74) is -0.362. The maximum atomic E-state index is 11.8. The highest BCUT2D eigenvalue weighted by atomic mass is 16.5. The molecule has 0 spiro atoms. The number of anilines is 1. The molecular weight excluding hydrogens is 276 g/mol. The van der Waals surface area contributed by atoms with Crippen LogP contribution in [-0.2, 0) is 4.74 Å². The Morgan fingerprint density at radius 1 is 1.29 bits per heavy atom. The number of amides is 2. The van der Waals surface area contributed by atoms with Crippen LogP contribution < -0.4 is 15.4 Å². The smallest absolute Gasteiger partial charge is 0.337 e. The molecule has 2 amide bonds. The van der Waals surface area contributed by atoms with Crippen LogP contribution in [0.2, 0.25) is 0 Å². The maximum Gasteiger partial charge on any atom is 0.337 e. The van der Waals surface area contributed by atoms with Crippen molar-refractivity contribution in [3.8, 4) is 5.75 Å². The average Bonchev–Trinajstić information content (AvgIpc) is 2.45. The summed E-state index contributed by atoms with van der Waals surface area (Å²) in [7, 11) is 2.99. The zero-order valence-electron chi connectivity index (χ0n) is 12.5. The number of carbonyl (C=O) groups excluding carboxylic acids is 1. The zero-order valence-corrected chi connectivity index (χ0v) is 12.5. The monoisotopic (exact) mass is 296 g/mol. The highest BCUT2D eigenvalue weighted by Gasteiger charge is 2.18. The second kappa shape index (κ2) is 6.94. The summed E-state index contributed by atoms with van der Waals surface area (Å²) in [6.07, 6.45) is 0. The molecule has 0 unspecified atom stereocenters. The number of urea groups is 1. The van der Waals surface area contributed by atoms with E-state index in [2.05, 4.69) is 10.6 Å². The molecule has 1 rings (SSSR count). The summed E-state index contributed by atoms with van der Waals surface area (Å²) < 4.78 is 10.1. The average molecular weight is 296 g/mol. The number of carboxylic acids is 1. The van der Waals surface area contributed by atoms with Gasteiger partial charge in [-0.3, -0.25) is 0 Å². The first-order chi connectivity index (χ1) is 9.79. The number of rotatable bonds is 6. The number of aromatic carboxylic acids is 1. The first-order valence-corrected chi connectivity index (χ1v) is 6.30. The SMILES string of the molecule is COc1ccc(NC(=O)NCC(C)(C)OC)c(C(=O)O)c1. The van der Waals surface area contributed by atoms with Crippen molar-refractivity contribution in [1.82, 2.24) is 5.32 Å². The molecule has 0 saturated heterocycles. The van der Waals surface area contributed by atoms with E-state index in [1.807, 2.05) is 13.8 Å². The lowest BCUT2D eigenvalue weighted by Gasteiger charge is -2.23. The summed E-state index contributed by atoms with van der Waals surface area (Å²) in [5, 5.41) is 14.3. The van der Waals surface area contributed by atoms with E-state index in [0.29, 0.717) is 5.75 Å². The van der Waals surface area contributed by atoms with Crippen molar-refractivity contribution >= 4 is 17.7 Å². The molecule has 0 fully saturated rings. The fourth-order valence-corrected chi connectivity index (χ4v) is 1.47. The van der Waals surface area contributed by atoms with E-state index in [1.54, 1.807) is 13.2 Å². The van der Waals surface area contributed by atoms with Gasteiger partial charge in [0.05, 0.1) is 24.0 Å². The normalized spacial score (nSPS) is 10.9. The number of hydrogen-bond acceptors (Lipinski definition) is 4. The van der Waals surface area contributed by atoms with Crippen LogP contribution in [-0.4, -0.2) is 43.5 Å². The van der Waals surface area contributed by atoms with Gasteiger partial charge in [-0.2, -0.15) is 0 Å². The Hall–Kier alpha value is -2.28. The molecule has 0 aromatic heterocycles. The van der Waals surface area contributed by atoms with E-state index in [4.69, 9.17) is 14.6 Å². The molecule has 7 nitrogen and oxygen atoms in total. The van der Waals surface area contributed by atoms with E-state index < -0.39 is 17.6 Å². The molecule has 21 heavy (non-hydrogen) atoms. The molecule has 0 atom stereocenters. The van der Waals surface area contributed by atoms with Gasteiger partial charge >= 0.3 is 12.0 Å². The Balaban J connectivity index is 2.78. The highest BCUT2D eigenvalue weighted by molar-refractivity contribution is 6.00. The van der Waals surface area contributed by atoms with Crippen molar-refractivity contribution in [2.24, 2.45) is 0 Å². The molecule has 0 aliphatic rings. The van der Waals surface area contributed by atoms with E-state index in [9.17, 15) is 9.59 Å². The van der Waals surface area contributed by atoms with Crippen LogP contribution in [0.15, 0.2) is 18.2 Å². The van der Waals surface area contributed by atoms with Crippen molar-refractivity contribution < 1.29 is 24.2 Å². The third-order valence-corrected chi connectivity index (χ3v) is 2.93. The van der Waals surface area contributed by atoms with Crippen molar-refractivity contribution in [3.05, 3.63) is 23.8 Å². The van der Waals surface area contributed by atoms with Gasteiger partial charge in [-0.1, -0.05) is 0 Å². The first kappa shape index (κ1) is 16.8. The fourth-order valence-electron chi connectivity index (χ4n) is 1.47. The number of nitrogens with one attached hydrogen (secondary N) is 2. The molecule has 116 valence electrons.